The minimum atomic E-state index is -0.183. The fourth-order valence-corrected chi connectivity index (χ4v) is 2.47. The molecule has 0 atom stereocenters. The third kappa shape index (κ3) is 1.27. The van der Waals surface area contributed by atoms with Crippen LogP contribution in [0.5, 0.6) is 0 Å². The molecule has 0 bridgehead atoms. The number of hydrogen-bond donors (Lipinski definition) is 0. The molecule has 0 nitrogen and oxygen atoms in total. The van der Waals surface area contributed by atoms with Crippen LogP contribution in [-0.4, -0.2) is 0 Å². The molecule has 0 aromatic heterocycles. The zero-order valence-electron chi connectivity index (χ0n) is 7.93. The molecular weight excluding hydrogens is 211 g/mol. The molecule has 0 spiro atoms. The minimum Gasteiger partial charge on any atom is -0.207 e. The van der Waals surface area contributed by atoms with Crippen molar-refractivity contribution in [3.63, 3.8) is 0 Å². The molecule has 74 valence electrons. The highest BCUT2D eigenvalue weighted by Gasteiger charge is 2.20. The molecule has 1 aliphatic rings. The fraction of sp³-hybridized carbons (Fsp3) is 0.0769. The van der Waals surface area contributed by atoms with E-state index in [0.717, 1.165) is 28.1 Å². The largest absolute Gasteiger partial charge is 0.207 e. The van der Waals surface area contributed by atoms with Crippen LogP contribution in [-0.2, 0) is 6.42 Å². The van der Waals surface area contributed by atoms with Crippen molar-refractivity contribution in [2.75, 3.05) is 0 Å². The summed E-state index contributed by atoms with van der Waals surface area (Å²) in [6.45, 7) is 0. The van der Waals surface area contributed by atoms with E-state index in [9.17, 15) is 4.39 Å². The quantitative estimate of drug-likeness (QED) is 0.534. The lowest BCUT2D eigenvalue weighted by Crippen LogP contribution is -1.81. The SMILES string of the molecule is Fc1ccc2c(c1)Cc1cccc(Cl)c1-2. The van der Waals surface area contributed by atoms with Crippen LogP contribution in [0.3, 0.4) is 0 Å². The van der Waals surface area contributed by atoms with Gasteiger partial charge in [0.25, 0.3) is 0 Å². The Morgan fingerprint density at radius 2 is 1.93 bits per heavy atom. The highest BCUT2D eigenvalue weighted by Crippen LogP contribution is 2.40. The summed E-state index contributed by atoms with van der Waals surface area (Å²) in [4.78, 5) is 0. The van der Waals surface area contributed by atoms with E-state index in [1.165, 1.54) is 11.6 Å². The van der Waals surface area contributed by atoms with Crippen molar-refractivity contribution in [3.8, 4) is 11.1 Å². The van der Waals surface area contributed by atoms with Crippen LogP contribution in [0.4, 0.5) is 4.39 Å². The summed E-state index contributed by atoms with van der Waals surface area (Å²) in [7, 11) is 0. The summed E-state index contributed by atoms with van der Waals surface area (Å²) in [5.41, 5.74) is 4.34. The Balaban J connectivity index is 2.31. The molecule has 15 heavy (non-hydrogen) atoms. The second kappa shape index (κ2) is 3.07. The summed E-state index contributed by atoms with van der Waals surface area (Å²) in [5, 5.41) is 0.748. The zero-order valence-corrected chi connectivity index (χ0v) is 8.68. The van der Waals surface area contributed by atoms with Gasteiger partial charge in [-0.1, -0.05) is 29.8 Å². The first-order valence-corrected chi connectivity index (χ1v) is 5.20. The van der Waals surface area contributed by atoms with Crippen LogP contribution in [0.1, 0.15) is 11.1 Å². The van der Waals surface area contributed by atoms with E-state index in [4.69, 9.17) is 11.6 Å². The van der Waals surface area contributed by atoms with Gasteiger partial charge >= 0.3 is 0 Å². The van der Waals surface area contributed by atoms with E-state index in [1.807, 2.05) is 24.3 Å². The van der Waals surface area contributed by atoms with Gasteiger partial charge in [0.05, 0.1) is 0 Å². The number of halogens is 2. The maximum atomic E-state index is 13.1. The number of fused-ring (bicyclic) bond motifs is 3. The molecular formula is C13H8ClF. The summed E-state index contributed by atoms with van der Waals surface area (Å²) in [6.07, 6.45) is 0.781. The van der Waals surface area contributed by atoms with Crippen LogP contribution in [0, 0.1) is 5.82 Å². The topological polar surface area (TPSA) is 0 Å². The van der Waals surface area contributed by atoms with Crippen molar-refractivity contribution >= 4 is 11.6 Å². The predicted octanol–water partition coefficient (Wildman–Crippen LogP) is 4.05. The van der Waals surface area contributed by atoms with Gasteiger partial charge in [0.1, 0.15) is 5.82 Å². The molecule has 0 fully saturated rings. The first-order valence-electron chi connectivity index (χ1n) is 4.82. The van der Waals surface area contributed by atoms with Gasteiger partial charge in [-0.15, -0.1) is 0 Å². The molecule has 2 heteroatoms. The van der Waals surface area contributed by atoms with E-state index in [-0.39, 0.29) is 5.82 Å². The number of rotatable bonds is 0. The maximum Gasteiger partial charge on any atom is 0.123 e. The van der Waals surface area contributed by atoms with Gasteiger partial charge in [-0.05, 0) is 41.3 Å². The molecule has 2 aromatic rings. The fourth-order valence-electron chi connectivity index (χ4n) is 2.18. The van der Waals surface area contributed by atoms with Crippen molar-refractivity contribution < 1.29 is 4.39 Å². The Labute approximate surface area is 92.3 Å². The zero-order chi connectivity index (χ0) is 10.4. The molecule has 0 N–H and O–H groups in total. The molecule has 1 aliphatic carbocycles. The first-order chi connectivity index (χ1) is 7.25. The van der Waals surface area contributed by atoms with Crippen molar-refractivity contribution in [2.45, 2.75) is 6.42 Å². The molecule has 0 amide bonds. The van der Waals surface area contributed by atoms with Gasteiger partial charge in [0.15, 0.2) is 0 Å². The normalized spacial score (nSPS) is 12.4. The molecule has 0 heterocycles. The van der Waals surface area contributed by atoms with E-state index < -0.39 is 0 Å². The monoisotopic (exact) mass is 218 g/mol. The average molecular weight is 219 g/mol. The summed E-state index contributed by atoms with van der Waals surface area (Å²) >= 11 is 6.14. The smallest absolute Gasteiger partial charge is 0.123 e. The molecule has 0 radical (unpaired) electrons. The molecule has 2 aromatic carbocycles. The maximum absolute atomic E-state index is 13.1. The van der Waals surface area contributed by atoms with E-state index in [2.05, 4.69) is 0 Å². The minimum absolute atomic E-state index is 0.183. The van der Waals surface area contributed by atoms with Crippen LogP contribution in [0.2, 0.25) is 5.02 Å². The molecule has 0 unspecified atom stereocenters. The lowest BCUT2D eigenvalue weighted by atomic mass is 10.1. The van der Waals surface area contributed by atoms with E-state index in [0.29, 0.717) is 0 Å². The van der Waals surface area contributed by atoms with Gasteiger partial charge in [0.2, 0.25) is 0 Å². The van der Waals surface area contributed by atoms with Crippen LogP contribution < -0.4 is 0 Å². The number of benzene rings is 2. The van der Waals surface area contributed by atoms with Crippen LogP contribution >= 0.6 is 11.6 Å². The van der Waals surface area contributed by atoms with Crippen molar-refractivity contribution in [1.29, 1.82) is 0 Å². The average Bonchev–Trinajstić information content (AvgIpc) is 2.56. The Morgan fingerprint density at radius 1 is 1.07 bits per heavy atom. The third-order valence-electron chi connectivity index (χ3n) is 2.82. The van der Waals surface area contributed by atoms with Gasteiger partial charge in [-0.25, -0.2) is 4.39 Å². The third-order valence-corrected chi connectivity index (χ3v) is 3.13. The summed E-state index contributed by atoms with van der Waals surface area (Å²) in [5.74, 6) is -0.183. The second-order valence-electron chi connectivity index (χ2n) is 3.75. The van der Waals surface area contributed by atoms with Crippen LogP contribution in [0.15, 0.2) is 36.4 Å². The molecule has 0 aliphatic heterocycles. The molecule has 0 saturated heterocycles. The summed E-state index contributed by atoms with van der Waals surface area (Å²) in [6, 6.07) is 10.7. The van der Waals surface area contributed by atoms with Gasteiger partial charge in [-0.3, -0.25) is 0 Å². The highest BCUT2D eigenvalue weighted by atomic mass is 35.5. The van der Waals surface area contributed by atoms with Crippen molar-refractivity contribution in [1.82, 2.24) is 0 Å². The summed E-state index contributed by atoms with van der Waals surface area (Å²) < 4.78 is 13.1. The van der Waals surface area contributed by atoms with E-state index in [1.54, 1.807) is 6.07 Å². The standard InChI is InChI=1S/C13H8ClF/c14-12-3-1-2-8-6-9-7-10(15)4-5-11(9)13(8)12/h1-5,7H,6H2. The lowest BCUT2D eigenvalue weighted by molar-refractivity contribution is 0.626. The molecule has 3 rings (SSSR count). The Kier molecular flexibility index (Phi) is 1.83. The second-order valence-corrected chi connectivity index (χ2v) is 4.16. The molecule has 0 saturated carbocycles. The number of hydrogen-bond acceptors (Lipinski definition) is 0. The Bertz CT molecular complexity index is 546. The Morgan fingerprint density at radius 3 is 2.80 bits per heavy atom. The lowest BCUT2D eigenvalue weighted by Gasteiger charge is -2.02. The van der Waals surface area contributed by atoms with Gasteiger partial charge < -0.3 is 0 Å². The van der Waals surface area contributed by atoms with E-state index >= 15 is 0 Å². The predicted molar refractivity (Wildman–Crippen MR) is 59.7 cm³/mol. The highest BCUT2D eigenvalue weighted by molar-refractivity contribution is 6.33. The van der Waals surface area contributed by atoms with Gasteiger partial charge in [0, 0.05) is 10.6 Å². The first kappa shape index (κ1) is 8.93. The van der Waals surface area contributed by atoms with Gasteiger partial charge in [-0.2, -0.15) is 0 Å². The Hall–Kier alpha value is -1.34. The van der Waals surface area contributed by atoms with Crippen molar-refractivity contribution in [3.05, 3.63) is 58.4 Å². The van der Waals surface area contributed by atoms with Crippen LogP contribution in [0.25, 0.3) is 11.1 Å². The van der Waals surface area contributed by atoms with Crippen molar-refractivity contribution in [2.24, 2.45) is 0 Å².